The molecule has 2 heterocycles. The molecule has 0 bridgehead atoms. The summed E-state index contributed by atoms with van der Waals surface area (Å²) in [5.74, 6) is -0.352. The summed E-state index contributed by atoms with van der Waals surface area (Å²) in [7, 11) is 1.40. The van der Waals surface area contributed by atoms with Crippen molar-refractivity contribution in [2.24, 2.45) is 0 Å². The van der Waals surface area contributed by atoms with Gasteiger partial charge in [0, 0.05) is 24.4 Å². The van der Waals surface area contributed by atoms with Gasteiger partial charge in [0.2, 0.25) is 0 Å². The first-order chi connectivity index (χ1) is 14.1. The molecule has 148 valence electrons. The number of thiocarbonyl (C=S) groups is 1. The second-order valence-electron chi connectivity index (χ2n) is 6.98. The highest BCUT2D eigenvalue weighted by atomic mass is 32.1. The third-order valence-corrected chi connectivity index (χ3v) is 6.46. The summed E-state index contributed by atoms with van der Waals surface area (Å²) >= 11 is 7.23. The molecule has 0 atom stereocenters. The molecule has 1 aliphatic rings. The highest BCUT2D eigenvalue weighted by Crippen LogP contribution is 2.31. The van der Waals surface area contributed by atoms with Gasteiger partial charge in [0.15, 0.2) is 5.11 Å². The SMILES string of the molecule is COC(=O)c1cc(Cc2ccccc2)sc1NC(=S)N1CCc2ccccc2C1. The summed E-state index contributed by atoms with van der Waals surface area (Å²) in [6.07, 6.45) is 1.73. The number of esters is 1. The van der Waals surface area contributed by atoms with Crippen LogP contribution in [0.1, 0.15) is 31.9 Å². The molecule has 0 saturated carbocycles. The number of fused-ring (bicyclic) bond motifs is 1. The topological polar surface area (TPSA) is 41.6 Å². The molecule has 4 nitrogen and oxygen atoms in total. The molecule has 1 aromatic heterocycles. The fourth-order valence-corrected chi connectivity index (χ4v) is 4.93. The molecule has 29 heavy (non-hydrogen) atoms. The molecule has 3 aromatic rings. The normalized spacial score (nSPS) is 12.9. The number of nitrogens with one attached hydrogen (secondary N) is 1. The van der Waals surface area contributed by atoms with Gasteiger partial charge in [0.1, 0.15) is 5.00 Å². The van der Waals surface area contributed by atoms with E-state index in [9.17, 15) is 4.79 Å². The van der Waals surface area contributed by atoms with Crippen molar-refractivity contribution in [2.45, 2.75) is 19.4 Å². The first kappa shape index (κ1) is 19.6. The number of thiophene rings is 1. The summed E-state index contributed by atoms with van der Waals surface area (Å²) in [6, 6.07) is 20.6. The minimum Gasteiger partial charge on any atom is -0.465 e. The molecule has 0 fully saturated rings. The smallest absolute Gasteiger partial charge is 0.340 e. The molecule has 0 aliphatic carbocycles. The number of hydrogen-bond acceptors (Lipinski definition) is 4. The molecule has 0 spiro atoms. The predicted octanol–water partition coefficient (Wildman–Crippen LogP) is 4.88. The Labute approximate surface area is 180 Å². The fourth-order valence-electron chi connectivity index (χ4n) is 3.53. The van der Waals surface area contributed by atoms with E-state index in [1.54, 1.807) is 11.3 Å². The van der Waals surface area contributed by atoms with Gasteiger partial charge in [-0.1, -0.05) is 54.6 Å². The number of hydrogen-bond donors (Lipinski definition) is 1. The number of benzene rings is 2. The molecule has 0 amide bonds. The minimum atomic E-state index is -0.352. The summed E-state index contributed by atoms with van der Waals surface area (Å²) < 4.78 is 4.98. The average molecular weight is 423 g/mol. The molecular weight excluding hydrogens is 400 g/mol. The van der Waals surface area contributed by atoms with Crippen LogP contribution in [0.3, 0.4) is 0 Å². The monoisotopic (exact) mass is 422 g/mol. The zero-order valence-corrected chi connectivity index (χ0v) is 17.8. The third-order valence-electron chi connectivity index (χ3n) is 5.05. The molecule has 0 saturated heterocycles. The van der Waals surface area contributed by atoms with Gasteiger partial charge < -0.3 is 15.0 Å². The van der Waals surface area contributed by atoms with Crippen molar-refractivity contribution in [3.05, 3.63) is 87.8 Å². The van der Waals surface area contributed by atoms with E-state index in [1.165, 1.54) is 23.8 Å². The Balaban J connectivity index is 1.52. The van der Waals surface area contributed by atoms with Gasteiger partial charge in [-0.05, 0) is 41.4 Å². The Hall–Kier alpha value is -2.70. The van der Waals surface area contributed by atoms with Crippen molar-refractivity contribution < 1.29 is 9.53 Å². The van der Waals surface area contributed by atoms with Crippen LogP contribution >= 0.6 is 23.6 Å². The van der Waals surface area contributed by atoms with Gasteiger partial charge in [-0.3, -0.25) is 0 Å². The molecular formula is C23H22N2O2S2. The highest BCUT2D eigenvalue weighted by molar-refractivity contribution is 7.80. The standard InChI is InChI=1S/C23H22N2O2S2/c1-27-22(26)20-14-19(13-16-7-3-2-4-8-16)29-21(20)24-23(28)25-12-11-17-9-5-6-10-18(17)15-25/h2-10,14H,11-13,15H2,1H3,(H,24,28). The number of carbonyl (C=O) groups excluding carboxylic acids is 1. The number of nitrogens with zero attached hydrogens (tertiary/aromatic N) is 1. The van der Waals surface area contributed by atoms with Crippen LogP contribution in [0.15, 0.2) is 60.7 Å². The fraction of sp³-hybridized carbons (Fsp3) is 0.217. The van der Waals surface area contributed by atoms with E-state index >= 15 is 0 Å². The lowest BCUT2D eigenvalue weighted by atomic mass is 10.0. The van der Waals surface area contributed by atoms with Crippen LogP contribution in [0, 0.1) is 0 Å². The molecule has 0 unspecified atom stereocenters. The maximum absolute atomic E-state index is 12.3. The van der Waals surface area contributed by atoms with E-state index in [1.807, 2.05) is 24.3 Å². The summed E-state index contributed by atoms with van der Waals surface area (Å²) in [5.41, 5.74) is 4.41. The zero-order chi connectivity index (χ0) is 20.2. The summed E-state index contributed by atoms with van der Waals surface area (Å²) in [4.78, 5) is 15.5. The molecule has 2 aromatic carbocycles. The molecule has 4 rings (SSSR count). The number of ether oxygens (including phenoxy) is 1. The van der Waals surface area contributed by atoms with E-state index in [0.717, 1.165) is 35.8 Å². The summed E-state index contributed by atoms with van der Waals surface area (Å²) in [6.45, 7) is 1.64. The van der Waals surface area contributed by atoms with Gasteiger partial charge in [0.05, 0.1) is 12.7 Å². The van der Waals surface area contributed by atoms with Gasteiger partial charge >= 0.3 is 5.97 Å². The van der Waals surface area contributed by atoms with E-state index in [4.69, 9.17) is 17.0 Å². The van der Waals surface area contributed by atoms with E-state index in [2.05, 4.69) is 46.6 Å². The van der Waals surface area contributed by atoms with Crippen molar-refractivity contribution in [2.75, 3.05) is 19.0 Å². The van der Waals surface area contributed by atoms with Crippen molar-refractivity contribution in [1.82, 2.24) is 4.90 Å². The largest absolute Gasteiger partial charge is 0.465 e. The van der Waals surface area contributed by atoms with Crippen LogP contribution in [0.4, 0.5) is 5.00 Å². The molecule has 6 heteroatoms. The van der Waals surface area contributed by atoms with Crippen LogP contribution in [-0.4, -0.2) is 29.6 Å². The lowest BCUT2D eigenvalue weighted by Crippen LogP contribution is -2.38. The van der Waals surface area contributed by atoms with Gasteiger partial charge in [0.25, 0.3) is 0 Å². The minimum absolute atomic E-state index is 0.352. The van der Waals surface area contributed by atoms with Gasteiger partial charge in [-0.25, -0.2) is 4.79 Å². The van der Waals surface area contributed by atoms with E-state index < -0.39 is 0 Å². The van der Waals surface area contributed by atoms with Gasteiger partial charge in [-0.2, -0.15) is 0 Å². The zero-order valence-electron chi connectivity index (χ0n) is 16.2. The van der Waals surface area contributed by atoms with Crippen LogP contribution in [0.2, 0.25) is 0 Å². The number of methoxy groups -OCH3 is 1. The van der Waals surface area contributed by atoms with Crippen LogP contribution in [0.5, 0.6) is 0 Å². The lowest BCUT2D eigenvalue weighted by Gasteiger charge is -2.31. The number of rotatable bonds is 4. The first-order valence-corrected chi connectivity index (χ1v) is 10.7. The van der Waals surface area contributed by atoms with E-state index in [-0.39, 0.29) is 5.97 Å². The van der Waals surface area contributed by atoms with Crippen LogP contribution < -0.4 is 5.32 Å². The Bertz CT molecular complexity index is 1030. The quantitative estimate of drug-likeness (QED) is 0.479. The van der Waals surface area contributed by atoms with Crippen LogP contribution in [0.25, 0.3) is 0 Å². The number of anilines is 1. The molecule has 1 aliphatic heterocycles. The molecule has 1 N–H and O–H groups in total. The third kappa shape index (κ3) is 4.49. The van der Waals surface area contributed by atoms with Crippen molar-refractivity contribution in [1.29, 1.82) is 0 Å². The van der Waals surface area contributed by atoms with Gasteiger partial charge in [-0.15, -0.1) is 11.3 Å². The lowest BCUT2D eigenvalue weighted by molar-refractivity contribution is 0.0602. The Morgan fingerprint density at radius 3 is 2.62 bits per heavy atom. The Morgan fingerprint density at radius 1 is 1.14 bits per heavy atom. The summed E-state index contributed by atoms with van der Waals surface area (Å²) in [5, 5.41) is 4.69. The van der Waals surface area contributed by atoms with E-state index in [0.29, 0.717) is 10.7 Å². The Morgan fingerprint density at radius 2 is 1.86 bits per heavy atom. The second-order valence-corrected chi connectivity index (χ2v) is 8.50. The van der Waals surface area contributed by atoms with Crippen LogP contribution in [-0.2, 0) is 24.1 Å². The Kier molecular flexibility index (Phi) is 5.92. The maximum Gasteiger partial charge on any atom is 0.340 e. The average Bonchev–Trinajstić information content (AvgIpc) is 3.15. The second kappa shape index (κ2) is 8.76. The van der Waals surface area contributed by atoms with Crippen molar-refractivity contribution in [3.63, 3.8) is 0 Å². The highest BCUT2D eigenvalue weighted by Gasteiger charge is 2.22. The molecule has 0 radical (unpaired) electrons. The predicted molar refractivity (Wildman–Crippen MR) is 122 cm³/mol. The van der Waals surface area contributed by atoms with Crippen molar-refractivity contribution >= 4 is 39.6 Å². The number of carbonyl (C=O) groups is 1. The first-order valence-electron chi connectivity index (χ1n) is 9.51. The van der Waals surface area contributed by atoms with Crippen molar-refractivity contribution in [3.8, 4) is 0 Å². The maximum atomic E-state index is 12.3.